The SMILES string of the molecule is CC(=O)N[C@H]1[C@H]([C@H](O)[C@H](O)CO)O[C@@](N=[N+]=[N-])(C(=O)O)C[C@@H]1O. The number of nitrogens with one attached hydrogen (secondary N) is 1. The molecule has 0 radical (unpaired) electrons. The molecule has 1 amide bonds. The van der Waals surface area contributed by atoms with Gasteiger partial charge in [0, 0.05) is 18.3 Å². The van der Waals surface area contributed by atoms with E-state index in [9.17, 15) is 30.0 Å². The highest BCUT2D eigenvalue weighted by molar-refractivity contribution is 5.78. The molecular weight excluding hydrogens is 316 g/mol. The van der Waals surface area contributed by atoms with E-state index in [1.54, 1.807) is 0 Å². The largest absolute Gasteiger partial charge is 0.479 e. The predicted octanol–water partition coefficient (Wildman–Crippen LogP) is -2.55. The quantitative estimate of drug-likeness (QED) is 0.173. The predicted molar refractivity (Wildman–Crippen MR) is 71.7 cm³/mol. The summed E-state index contributed by atoms with van der Waals surface area (Å²) in [6.07, 6.45) is -7.49. The minimum Gasteiger partial charge on any atom is -0.479 e. The van der Waals surface area contributed by atoms with Gasteiger partial charge in [-0.3, -0.25) is 4.79 Å². The van der Waals surface area contributed by atoms with E-state index >= 15 is 0 Å². The highest BCUT2D eigenvalue weighted by Crippen LogP contribution is 2.33. The average Bonchev–Trinajstić information content (AvgIpc) is 2.47. The lowest BCUT2D eigenvalue weighted by Gasteiger charge is -2.45. The summed E-state index contributed by atoms with van der Waals surface area (Å²) in [6.45, 7) is 0.233. The van der Waals surface area contributed by atoms with E-state index in [4.69, 9.17) is 15.4 Å². The van der Waals surface area contributed by atoms with E-state index in [2.05, 4.69) is 15.3 Å². The molecule has 23 heavy (non-hydrogen) atoms. The monoisotopic (exact) mass is 334 g/mol. The number of amides is 1. The van der Waals surface area contributed by atoms with Gasteiger partial charge < -0.3 is 35.6 Å². The number of rotatable bonds is 6. The lowest BCUT2D eigenvalue weighted by atomic mass is 9.87. The van der Waals surface area contributed by atoms with Gasteiger partial charge in [0.2, 0.25) is 11.6 Å². The van der Waals surface area contributed by atoms with Gasteiger partial charge in [-0.1, -0.05) is 0 Å². The lowest BCUT2D eigenvalue weighted by molar-refractivity contribution is -0.227. The van der Waals surface area contributed by atoms with Crippen molar-refractivity contribution in [1.29, 1.82) is 0 Å². The molecule has 12 heteroatoms. The van der Waals surface area contributed by atoms with Crippen LogP contribution < -0.4 is 5.32 Å². The molecule has 0 saturated carbocycles. The number of aliphatic hydroxyl groups excluding tert-OH is 4. The van der Waals surface area contributed by atoms with Gasteiger partial charge in [-0.05, 0) is 10.6 Å². The van der Waals surface area contributed by atoms with E-state index in [0.717, 1.165) is 6.92 Å². The fourth-order valence-electron chi connectivity index (χ4n) is 2.32. The lowest BCUT2D eigenvalue weighted by Crippen LogP contribution is -2.66. The fraction of sp³-hybridized carbons (Fsp3) is 0.818. The molecule has 1 fully saturated rings. The van der Waals surface area contributed by atoms with Gasteiger partial charge in [0.15, 0.2) is 0 Å². The maximum Gasteiger partial charge on any atom is 0.342 e. The van der Waals surface area contributed by atoms with Crippen molar-refractivity contribution in [3.8, 4) is 0 Å². The second kappa shape index (κ2) is 7.55. The standard InChI is InChI=1S/C11H18N4O8/c1-4(17)13-7-5(18)2-11(10(21)22,14-15-12)23-9(7)8(20)6(19)3-16/h5-9,16,18-20H,2-3H2,1H3,(H,13,17)(H,21,22)/t5-,6+,7+,8+,9+,11+/m0/s1. The molecule has 1 aliphatic rings. The van der Waals surface area contributed by atoms with E-state index in [-0.39, 0.29) is 0 Å². The van der Waals surface area contributed by atoms with Crippen LogP contribution in [0.3, 0.4) is 0 Å². The normalized spacial score (nSPS) is 33.2. The second-order valence-electron chi connectivity index (χ2n) is 5.10. The summed E-state index contributed by atoms with van der Waals surface area (Å²) in [5.41, 5.74) is 6.00. The zero-order valence-electron chi connectivity index (χ0n) is 12.1. The Morgan fingerprint density at radius 3 is 2.57 bits per heavy atom. The van der Waals surface area contributed by atoms with Crippen molar-refractivity contribution in [2.24, 2.45) is 5.11 Å². The maximum absolute atomic E-state index is 11.4. The third-order valence-corrected chi connectivity index (χ3v) is 3.41. The van der Waals surface area contributed by atoms with Gasteiger partial charge in [-0.2, -0.15) is 0 Å². The number of ether oxygens (including phenoxy) is 1. The maximum atomic E-state index is 11.4. The zero-order chi connectivity index (χ0) is 17.8. The van der Waals surface area contributed by atoms with E-state index in [0.29, 0.717) is 0 Å². The van der Waals surface area contributed by atoms with Crippen molar-refractivity contribution in [3.05, 3.63) is 10.4 Å². The number of aliphatic hydroxyl groups is 4. The van der Waals surface area contributed by atoms with Gasteiger partial charge in [0.25, 0.3) is 0 Å². The second-order valence-corrected chi connectivity index (χ2v) is 5.10. The third-order valence-electron chi connectivity index (χ3n) is 3.41. The Labute approximate surface area is 129 Å². The number of aliphatic carboxylic acids is 1. The topological polar surface area (TPSA) is 205 Å². The van der Waals surface area contributed by atoms with E-state index < -0.39 is 61.1 Å². The molecule has 1 saturated heterocycles. The van der Waals surface area contributed by atoms with Crippen molar-refractivity contribution in [3.63, 3.8) is 0 Å². The summed E-state index contributed by atoms with van der Waals surface area (Å²) in [5.74, 6) is -2.33. The highest BCUT2D eigenvalue weighted by Gasteiger charge is 2.54. The molecule has 6 N–H and O–H groups in total. The third kappa shape index (κ3) is 4.07. The Morgan fingerprint density at radius 2 is 2.13 bits per heavy atom. The number of azide groups is 1. The molecule has 0 aromatic rings. The van der Waals surface area contributed by atoms with Crippen LogP contribution in [0.25, 0.3) is 10.4 Å². The molecule has 12 nitrogen and oxygen atoms in total. The molecule has 1 heterocycles. The summed E-state index contributed by atoms with van der Waals surface area (Å²) in [7, 11) is 0. The van der Waals surface area contributed by atoms with Crippen LogP contribution in [0.15, 0.2) is 5.11 Å². The van der Waals surface area contributed by atoms with Crippen molar-refractivity contribution < 1.29 is 39.9 Å². The summed E-state index contributed by atoms with van der Waals surface area (Å²) >= 11 is 0. The summed E-state index contributed by atoms with van der Waals surface area (Å²) in [4.78, 5) is 24.9. The van der Waals surface area contributed by atoms with E-state index in [1.165, 1.54) is 0 Å². The number of hydrogen-bond acceptors (Lipinski definition) is 8. The Balaban J connectivity index is 3.25. The van der Waals surface area contributed by atoms with Crippen LogP contribution in [0.4, 0.5) is 0 Å². The number of carboxylic acids is 1. The molecule has 130 valence electrons. The summed E-state index contributed by atoms with van der Waals surface area (Å²) in [6, 6.07) is -1.29. The first-order valence-electron chi connectivity index (χ1n) is 6.58. The Hall–Kier alpha value is -1.95. The minimum atomic E-state index is -2.52. The molecule has 6 atom stereocenters. The van der Waals surface area contributed by atoms with Crippen LogP contribution in [0.2, 0.25) is 0 Å². The molecule has 1 aliphatic heterocycles. The molecule has 0 aromatic heterocycles. The molecular formula is C11H18N4O8. The average molecular weight is 334 g/mol. The Morgan fingerprint density at radius 1 is 1.52 bits per heavy atom. The number of carboxylic acid groups (broad SMARTS) is 1. The van der Waals surface area contributed by atoms with Crippen LogP contribution in [-0.2, 0) is 14.3 Å². The van der Waals surface area contributed by atoms with Crippen LogP contribution in [0.1, 0.15) is 13.3 Å². The minimum absolute atomic E-state index is 0.611. The molecule has 0 unspecified atom stereocenters. The summed E-state index contributed by atoms with van der Waals surface area (Å²) < 4.78 is 5.13. The van der Waals surface area contributed by atoms with Crippen molar-refractivity contribution in [1.82, 2.24) is 5.32 Å². The number of carbonyl (C=O) groups is 2. The number of nitrogens with zero attached hydrogens (tertiary/aromatic N) is 3. The first-order valence-corrected chi connectivity index (χ1v) is 6.58. The first kappa shape index (κ1) is 19.1. The van der Waals surface area contributed by atoms with Crippen LogP contribution in [0, 0.1) is 0 Å². The molecule has 0 aliphatic carbocycles. The summed E-state index contributed by atoms with van der Waals surface area (Å²) in [5, 5.41) is 53.0. The van der Waals surface area contributed by atoms with Crippen molar-refractivity contribution in [2.75, 3.05) is 6.61 Å². The van der Waals surface area contributed by atoms with Gasteiger partial charge >= 0.3 is 5.97 Å². The van der Waals surface area contributed by atoms with E-state index in [1.807, 2.05) is 0 Å². The Kier molecular flexibility index (Phi) is 6.27. The van der Waals surface area contributed by atoms with Crippen LogP contribution in [0.5, 0.6) is 0 Å². The molecule has 0 spiro atoms. The van der Waals surface area contributed by atoms with Gasteiger partial charge in [0.05, 0.1) is 18.8 Å². The smallest absolute Gasteiger partial charge is 0.342 e. The zero-order valence-corrected chi connectivity index (χ0v) is 12.1. The Bertz CT molecular complexity index is 506. The van der Waals surface area contributed by atoms with Gasteiger partial charge in [-0.15, -0.1) is 0 Å². The van der Waals surface area contributed by atoms with Crippen LogP contribution in [-0.4, -0.2) is 80.2 Å². The number of hydrogen-bond donors (Lipinski definition) is 6. The van der Waals surface area contributed by atoms with Gasteiger partial charge in [0.1, 0.15) is 18.3 Å². The molecule has 1 rings (SSSR count). The van der Waals surface area contributed by atoms with Gasteiger partial charge in [-0.25, -0.2) is 4.79 Å². The van der Waals surface area contributed by atoms with Crippen LogP contribution >= 0.6 is 0 Å². The number of carbonyl (C=O) groups excluding carboxylic acids is 1. The highest BCUT2D eigenvalue weighted by atomic mass is 16.6. The first-order chi connectivity index (χ1) is 10.7. The molecule has 0 aromatic carbocycles. The van der Waals surface area contributed by atoms with Crippen molar-refractivity contribution >= 4 is 11.9 Å². The fourth-order valence-corrected chi connectivity index (χ4v) is 2.32. The van der Waals surface area contributed by atoms with Crippen molar-refractivity contribution in [2.45, 2.75) is 49.5 Å². The molecule has 0 bridgehead atoms.